The number of rotatable bonds is 7. The third-order valence-corrected chi connectivity index (χ3v) is 5.38. The molecule has 14 nitrogen and oxygen atoms in total. The highest BCUT2D eigenvalue weighted by atomic mass is 16.7. The predicted octanol–water partition coefficient (Wildman–Crippen LogP) is -2.90. The number of amides is 2. The lowest BCUT2D eigenvalue weighted by atomic mass is 9.96. The van der Waals surface area contributed by atoms with Crippen LogP contribution in [0.4, 0.5) is 0 Å². The second-order valence-electron chi connectivity index (χ2n) is 10.3. The van der Waals surface area contributed by atoms with Crippen molar-refractivity contribution in [3.05, 3.63) is 0 Å². The standard InChI is InChI=1S/C12H23NO6.C11H21NO6/c1-6(15)13-8-10(17)9(16)7(5-14)18-11(8)19-12(2,3)4;1-5(2)17-11-8(12-6(3)14)10(16)9(15)7(4-13)18-11/h7-11,14,16-17H,5H2,1-4H3,(H,13,15);5,7-11,13,15-16H,4H2,1-3H3,(H,12,14)/t2*7-,8-,9+,10-,11?/m11/s1. The van der Waals surface area contributed by atoms with E-state index in [1.165, 1.54) is 13.8 Å². The van der Waals surface area contributed by atoms with Crippen LogP contribution in [-0.4, -0.2) is 129 Å². The number of hydrogen-bond acceptors (Lipinski definition) is 12. The van der Waals surface area contributed by atoms with Crippen molar-refractivity contribution in [2.24, 2.45) is 0 Å². The Morgan fingerprint density at radius 2 is 1.16 bits per heavy atom. The molecule has 0 spiro atoms. The summed E-state index contributed by atoms with van der Waals surface area (Å²) in [4.78, 5) is 22.2. The molecule has 0 radical (unpaired) electrons. The van der Waals surface area contributed by atoms with E-state index in [-0.39, 0.29) is 17.9 Å². The molecular formula is C23H44N2O12. The number of aliphatic hydroxyl groups excluding tert-OH is 6. The fraction of sp³-hybridized carbons (Fsp3) is 0.913. The van der Waals surface area contributed by atoms with Crippen molar-refractivity contribution in [3.8, 4) is 0 Å². The highest BCUT2D eigenvalue weighted by Crippen LogP contribution is 2.26. The van der Waals surface area contributed by atoms with Gasteiger partial charge in [0, 0.05) is 13.8 Å². The first-order valence-electron chi connectivity index (χ1n) is 12.1. The summed E-state index contributed by atoms with van der Waals surface area (Å²) in [5.74, 6) is -0.737. The van der Waals surface area contributed by atoms with E-state index >= 15 is 0 Å². The monoisotopic (exact) mass is 540 g/mol. The summed E-state index contributed by atoms with van der Waals surface area (Å²) in [5.41, 5.74) is -0.566. The van der Waals surface area contributed by atoms with Gasteiger partial charge in [-0.05, 0) is 34.6 Å². The molecule has 0 aromatic carbocycles. The van der Waals surface area contributed by atoms with Crippen molar-refractivity contribution in [1.82, 2.24) is 10.6 Å². The van der Waals surface area contributed by atoms with Gasteiger partial charge in [0.25, 0.3) is 0 Å². The van der Waals surface area contributed by atoms with Crippen LogP contribution in [-0.2, 0) is 28.5 Å². The lowest BCUT2D eigenvalue weighted by molar-refractivity contribution is -0.292. The van der Waals surface area contributed by atoms with E-state index in [4.69, 9.17) is 29.2 Å². The number of carbonyl (C=O) groups excluding carboxylic acids is 2. The van der Waals surface area contributed by atoms with Gasteiger partial charge < -0.3 is 60.2 Å². The maximum Gasteiger partial charge on any atom is 0.217 e. The third-order valence-electron chi connectivity index (χ3n) is 5.38. The van der Waals surface area contributed by atoms with Crippen molar-refractivity contribution in [2.45, 2.75) is 121 Å². The molecule has 2 unspecified atom stereocenters. The summed E-state index contributed by atoms with van der Waals surface area (Å²) in [6, 6.07) is -1.77. The van der Waals surface area contributed by atoms with E-state index in [9.17, 15) is 30.0 Å². The first kappa shape index (κ1) is 33.6. The lowest BCUT2D eigenvalue weighted by Gasteiger charge is -2.44. The Bertz CT molecular complexity index is 718. The molecule has 2 aliphatic heterocycles. The SMILES string of the molecule is CC(=O)N[C@H]1C(OC(C)(C)C)O[C@H](CO)[C@H](O)[C@@H]1O.CC(=O)N[C@H]1C(OC(C)C)O[C@H](CO)[C@H](O)[C@@H]1O. The minimum atomic E-state index is -1.29. The second kappa shape index (κ2) is 14.6. The van der Waals surface area contributed by atoms with Crippen LogP contribution in [0.15, 0.2) is 0 Å². The normalized spacial score (nSPS) is 36.4. The molecule has 2 heterocycles. The fourth-order valence-electron chi connectivity index (χ4n) is 3.77. The van der Waals surface area contributed by atoms with E-state index < -0.39 is 80.1 Å². The molecule has 0 aromatic rings. The molecule has 2 rings (SSSR count). The average molecular weight is 541 g/mol. The zero-order valence-electron chi connectivity index (χ0n) is 22.4. The van der Waals surface area contributed by atoms with Crippen LogP contribution in [0, 0.1) is 0 Å². The largest absolute Gasteiger partial charge is 0.394 e. The summed E-state index contributed by atoms with van der Waals surface area (Å²) in [7, 11) is 0. The zero-order chi connectivity index (χ0) is 28.7. The van der Waals surface area contributed by atoms with E-state index in [1.807, 2.05) is 0 Å². The predicted molar refractivity (Wildman–Crippen MR) is 128 cm³/mol. The molecule has 37 heavy (non-hydrogen) atoms. The van der Waals surface area contributed by atoms with E-state index in [2.05, 4.69) is 10.6 Å². The minimum absolute atomic E-state index is 0.187. The Labute approximate surface area is 216 Å². The summed E-state index contributed by atoms with van der Waals surface area (Å²) in [6.07, 6.45) is -9.04. The summed E-state index contributed by atoms with van der Waals surface area (Å²) < 4.78 is 21.8. The van der Waals surface area contributed by atoms with Gasteiger partial charge in [0.2, 0.25) is 11.8 Å². The van der Waals surface area contributed by atoms with Gasteiger partial charge in [-0.25, -0.2) is 0 Å². The van der Waals surface area contributed by atoms with Gasteiger partial charge in [-0.3, -0.25) is 9.59 Å². The Morgan fingerprint density at radius 1 is 0.784 bits per heavy atom. The molecular weight excluding hydrogens is 496 g/mol. The number of nitrogens with one attached hydrogen (secondary N) is 2. The molecule has 0 bridgehead atoms. The maximum atomic E-state index is 11.2. The number of aliphatic hydroxyl groups is 6. The Balaban J connectivity index is 0.000000371. The first-order valence-corrected chi connectivity index (χ1v) is 12.1. The molecule has 0 aliphatic carbocycles. The van der Waals surface area contributed by atoms with Crippen LogP contribution in [0.1, 0.15) is 48.5 Å². The highest BCUT2D eigenvalue weighted by molar-refractivity contribution is 5.73. The van der Waals surface area contributed by atoms with Crippen LogP contribution < -0.4 is 10.6 Å². The quantitative estimate of drug-likeness (QED) is 0.163. The molecule has 14 heteroatoms. The molecule has 2 aliphatic rings. The number of ether oxygens (including phenoxy) is 4. The van der Waals surface area contributed by atoms with E-state index in [0.29, 0.717) is 0 Å². The third kappa shape index (κ3) is 10.3. The number of hydrogen-bond donors (Lipinski definition) is 8. The average Bonchev–Trinajstić information content (AvgIpc) is 2.77. The molecule has 2 amide bonds. The van der Waals surface area contributed by atoms with Crippen LogP contribution in [0.2, 0.25) is 0 Å². The molecule has 218 valence electrons. The van der Waals surface area contributed by atoms with Gasteiger partial charge in [0.1, 0.15) is 48.7 Å². The van der Waals surface area contributed by atoms with Crippen LogP contribution >= 0.6 is 0 Å². The summed E-state index contributed by atoms with van der Waals surface area (Å²) in [6.45, 7) is 10.7. The summed E-state index contributed by atoms with van der Waals surface area (Å²) in [5, 5.41) is 62.6. The Hall–Kier alpha value is -1.46. The number of carbonyl (C=O) groups is 2. The van der Waals surface area contributed by atoms with E-state index in [0.717, 1.165) is 0 Å². The lowest BCUT2D eigenvalue weighted by Crippen LogP contribution is -2.65. The van der Waals surface area contributed by atoms with Gasteiger partial charge in [0.05, 0.1) is 24.9 Å². The van der Waals surface area contributed by atoms with Crippen molar-refractivity contribution in [2.75, 3.05) is 13.2 Å². The maximum absolute atomic E-state index is 11.2. The van der Waals surface area contributed by atoms with Gasteiger partial charge in [-0.2, -0.15) is 0 Å². The molecule has 0 saturated carbocycles. The topological polar surface area (TPSA) is 216 Å². The van der Waals surface area contributed by atoms with Crippen LogP contribution in [0.25, 0.3) is 0 Å². The molecule has 8 N–H and O–H groups in total. The molecule has 2 fully saturated rings. The summed E-state index contributed by atoms with van der Waals surface area (Å²) >= 11 is 0. The zero-order valence-corrected chi connectivity index (χ0v) is 22.4. The minimum Gasteiger partial charge on any atom is -0.394 e. The fourth-order valence-corrected chi connectivity index (χ4v) is 3.77. The molecule has 2 saturated heterocycles. The molecule has 0 aromatic heterocycles. The van der Waals surface area contributed by atoms with Crippen molar-refractivity contribution >= 4 is 11.8 Å². The van der Waals surface area contributed by atoms with Gasteiger partial charge in [-0.15, -0.1) is 0 Å². The van der Waals surface area contributed by atoms with Crippen LogP contribution in [0.5, 0.6) is 0 Å². The smallest absolute Gasteiger partial charge is 0.217 e. The van der Waals surface area contributed by atoms with Crippen LogP contribution in [0.3, 0.4) is 0 Å². The van der Waals surface area contributed by atoms with Gasteiger partial charge in [-0.1, -0.05) is 0 Å². The first-order chi connectivity index (χ1) is 17.0. The van der Waals surface area contributed by atoms with Crippen molar-refractivity contribution in [1.29, 1.82) is 0 Å². The highest BCUT2D eigenvalue weighted by Gasteiger charge is 2.47. The van der Waals surface area contributed by atoms with E-state index in [1.54, 1.807) is 34.6 Å². The Kier molecular flexibility index (Phi) is 13.3. The van der Waals surface area contributed by atoms with Gasteiger partial charge in [0.15, 0.2) is 12.6 Å². The Morgan fingerprint density at radius 3 is 1.49 bits per heavy atom. The second-order valence-corrected chi connectivity index (χ2v) is 10.3. The van der Waals surface area contributed by atoms with Gasteiger partial charge >= 0.3 is 0 Å². The van der Waals surface area contributed by atoms with Crippen molar-refractivity contribution < 1.29 is 59.2 Å². The van der Waals surface area contributed by atoms with Crippen molar-refractivity contribution in [3.63, 3.8) is 0 Å². The molecule has 10 atom stereocenters.